The van der Waals surface area contributed by atoms with Crippen LogP contribution in [-0.2, 0) is 9.47 Å². The van der Waals surface area contributed by atoms with Crippen molar-refractivity contribution in [2.24, 2.45) is 0 Å². The molecule has 0 atom stereocenters. The van der Waals surface area contributed by atoms with Crippen molar-refractivity contribution >= 4 is 0 Å². The summed E-state index contributed by atoms with van der Waals surface area (Å²) >= 11 is 0. The minimum atomic E-state index is -0.464. The van der Waals surface area contributed by atoms with E-state index in [-0.39, 0.29) is 26.4 Å². The van der Waals surface area contributed by atoms with Crippen LogP contribution in [-0.4, -0.2) is 42.9 Å². The average molecular weight is 176 g/mol. The number of ether oxygens (including phenoxy) is 2. The molecule has 0 aromatic heterocycles. The second kappa shape index (κ2) is 8.67. The first kappa shape index (κ1) is 11.6. The SMILES string of the molecule is CC=CC(OCCO)OCCO. The van der Waals surface area contributed by atoms with E-state index in [1.165, 1.54) is 0 Å². The van der Waals surface area contributed by atoms with Crippen molar-refractivity contribution in [3.63, 3.8) is 0 Å². The van der Waals surface area contributed by atoms with Crippen LogP contribution in [0.4, 0.5) is 0 Å². The molecule has 0 aliphatic carbocycles. The summed E-state index contributed by atoms with van der Waals surface area (Å²) in [5.41, 5.74) is 0. The number of hydrogen-bond acceptors (Lipinski definition) is 4. The average Bonchev–Trinajstić information content (AvgIpc) is 2.10. The molecule has 0 saturated carbocycles. The number of hydrogen-bond donors (Lipinski definition) is 2. The van der Waals surface area contributed by atoms with Crippen LogP contribution in [0.1, 0.15) is 6.92 Å². The fourth-order valence-corrected chi connectivity index (χ4v) is 0.654. The Hall–Kier alpha value is -0.420. The van der Waals surface area contributed by atoms with Crippen molar-refractivity contribution in [1.82, 2.24) is 0 Å². The molecule has 4 nitrogen and oxygen atoms in total. The van der Waals surface area contributed by atoms with Gasteiger partial charge in [0, 0.05) is 0 Å². The molecular weight excluding hydrogens is 160 g/mol. The highest BCUT2D eigenvalue weighted by atomic mass is 16.7. The van der Waals surface area contributed by atoms with Crippen LogP contribution in [0.5, 0.6) is 0 Å². The minimum absolute atomic E-state index is 0.0312. The fraction of sp³-hybridized carbons (Fsp3) is 0.750. The zero-order chi connectivity index (χ0) is 9.23. The van der Waals surface area contributed by atoms with Gasteiger partial charge in [-0.25, -0.2) is 0 Å². The van der Waals surface area contributed by atoms with Crippen LogP contribution in [0.15, 0.2) is 12.2 Å². The molecule has 0 bridgehead atoms. The topological polar surface area (TPSA) is 58.9 Å². The summed E-state index contributed by atoms with van der Waals surface area (Å²) in [6.45, 7) is 2.26. The van der Waals surface area contributed by atoms with Crippen molar-refractivity contribution in [3.8, 4) is 0 Å². The highest BCUT2D eigenvalue weighted by molar-refractivity contribution is 4.81. The maximum atomic E-state index is 8.45. The van der Waals surface area contributed by atoms with Gasteiger partial charge >= 0.3 is 0 Å². The van der Waals surface area contributed by atoms with Crippen LogP contribution in [0.25, 0.3) is 0 Å². The maximum absolute atomic E-state index is 8.45. The van der Waals surface area contributed by atoms with Crippen molar-refractivity contribution in [2.45, 2.75) is 13.2 Å². The first-order valence-corrected chi connectivity index (χ1v) is 3.93. The van der Waals surface area contributed by atoms with Gasteiger partial charge < -0.3 is 19.7 Å². The zero-order valence-corrected chi connectivity index (χ0v) is 7.27. The van der Waals surface area contributed by atoms with Gasteiger partial charge in [0.25, 0.3) is 0 Å². The molecule has 0 rings (SSSR count). The lowest BCUT2D eigenvalue weighted by molar-refractivity contribution is -0.123. The van der Waals surface area contributed by atoms with Crippen LogP contribution >= 0.6 is 0 Å². The first-order chi connectivity index (χ1) is 5.85. The molecule has 0 aliphatic heterocycles. The quantitative estimate of drug-likeness (QED) is 0.420. The lowest BCUT2D eigenvalue weighted by Crippen LogP contribution is -2.18. The van der Waals surface area contributed by atoms with Crippen LogP contribution in [0.3, 0.4) is 0 Å². The van der Waals surface area contributed by atoms with Gasteiger partial charge in [-0.05, 0) is 13.0 Å². The van der Waals surface area contributed by atoms with E-state index < -0.39 is 6.29 Å². The maximum Gasteiger partial charge on any atom is 0.177 e. The number of allylic oxidation sites excluding steroid dienone is 1. The number of rotatable bonds is 7. The molecule has 0 aromatic carbocycles. The Bertz CT molecular complexity index is 106. The third-order valence-electron chi connectivity index (χ3n) is 1.10. The van der Waals surface area contributed by atoms with Gasteiger partial charge in [0.1, 0.15) is 0 Å². The fourth-order valence-electron chi connectivity index (χ4n) is 0.654. The predicted octanol–water partition coefficient (Wildman–Crippen LogP) is -0.0936. The molecule has 0 heterocycles. The summed E-state index contributed by atoms with van der Waals surface area (Å²) in [6.07, 6.45) is 3.04. The largest absolute Gasteiger partial charge is 0.394 e. The minimum Gasteiger partial charge on any atom is -0.394 e. The van der Waals surface area contributed by atoms with E-state index in [9.17, 15) is 0 Å². The molecule has 0 fully saturated rings. The van der Waals surface area contributed by atoms with Gasteiger partial charge in [0.15, 0.2) is 6.29 Å². The molecule has 0 amide bonds. The van der Waals surface area contributed by atoms with Gasteiger partial charge in [-0.2, -0.15) is 0 Å². The summed E-state index contributed by atoms with van der Waals surface area (Å²) in [6, 6.07) is 0. The Morgan fingerprint density at radius 3 is 2.00 bits per heavy atom. The van der Waals surface area contributed by atoms with Gasteiger partial charge in [0.05, 0.1) is 26.4 Å². The number of aliphatic hydroxyl groups excluding tert-OH is 2. The second-order valence-electron chi connectivity index (χ2n) is 2.08. The van der Waals surface area contributed by atoms with Crippen LogP contribution < -0.4 is 0 Å². The summed E-state index contributed by atoms with van der Waals surface area (Å²) in [5.74, 6) is 0. The van der Waals surface area contributed by atoms with Crippen molar-refractivity contribution in [2.75, 3.05) is 26.4 Å². The van der Waals surface area contributed by atoms with Crippen LogP contribution in [0, 0.1) is 0 Å². The molecule has 0 saturated heterocycles. The van der Waals surface area contributed by atoms with E-state index in [1.807, 2.05) is 6.92 Å². The Balaban J connectivity index is 3.54. The van der Waals surface area contributed by atoms with Crippen LogP contribution in [0.2, 0.25) is 0 Å². The molecule has 0 spiro atoms. The monoisotopic (exact) mass is 176 g/mol. The molecule has 4 heteroatoms. The number of aliphatic hydroxyl groups is 2. The molecule has 12 heavy (non-hydrogen) atoms. The van der Waals surface area contributed by atoms with E-state index >= 15 is 0 Å². The summed E-state index contributed by atoms with van der Waals surface area (Å²) < 4.78 is 10.1. The zero-order valence-electron chi connectivity index (χ0n) is 7.27. The molecule has 2 N–H and O–H groups in total. The Kier molecular flexibility index (Phi) is 8.37. The lowest BCUT2D eigenvalue weighted by Gasteiger charge is -2.13. The second-order valence-corrected chi connectivity index (χ2v) is 2.08. The molecule has 0 unspecified atom stereocenters. The summed E-state index contributed by atoms with van der Waals surface area (Å²) in [4.78, 5) is 0. The highest BCUT2D eigenvalue weighted by Crippen LogP contribution is 1.96. The summed E-state index contributed by atoms with van der Waals surface area (Å²) in [7, 11) is 0. The first-order valence-electron chi connectivity index (χ1n) is 3.93. The normalized spacial score (nSPS) is 11.7. The van der Waals surface area contributed by atoms with Crippen molar-refractivity contribution < 1.29 is 19.7 Å². The molecule has 0 radical (unpaired) electrons. The molecular formula is C8H16O4. The van der Waals surface area contributed by atoms with E-state index in [2.05, 4.69) is 0 Å². The standard InChI is InChI=1S/C8H16O4/c1-2-3-8(11-6-4-9)12-7-5-10/h2-3,8-10H,4-7H2,1H3. The lowest BCUT2D eigenvalue weighted by atomic mass is 10.5. The van der Waals surface area contributed by atoms with E-state index in [4.69, 9.17) is 19.7 Å². The predicted molar refractivity (Wildman–Crippen MR) is 44.7 cm³/mol. The van der Waals surface area contributed by atoms with E-state index in [0.29, 0.717) is 0 Å². The molecule has 0 aliphatic rings. The van der Waals surface area contributed by atoms with E-state index in [1.54, 1.807) is 12.2 Å². The van der Waals surface area contributed by atoms with Gasteiger partial charge in [-0.15, -0.1) is 0 Å². The third-order valence-corrected chi connectivity index (χ3v) is 1.10. The third kappa shape index (κ3) is 6.30. The van der Waals surface area contributed by atoms with Gasteiger partial charge in [-0.3, -0.25) is 0 Å². The summed E-state index contributed by atoms with van der Waals surface area (Å²) in [5, 5.41) is 16.9. The van der Waals surface area contributed by atoms with E-state index in [0.717, 1.165) is 0 Å². The Morgan fingerprint density at radius 1 is 1.17 bits per heavy atom. The van der Waals surface area contributed by atoms with Gasteiger partial charge in [-0.1, -0.05) is 6.08 Å². The Labute approximate surface area is 72.4 Å². The Morgan fingerprint density at radius 2 is 1.67 bits per heavy atom. The smallest absolute Gasteiger partial charge is 0.177 e. The molecule has 0 aromatic rings. The van der Waals surface area contributed by atoms with Crippen molar-refractivity contribution in [3.05, 3.63) is 12.2 Å². The van der Waals surface area contributed by atoms with Crippen molar-refractivity contribution in [1.29, 1.82) is 0 Å². The van der Waals surface area contributed by atoms with Gasteiger partial charge in [0.2, 0.25) is 0 Å². The molecule has 72 valence electrons. The highest BCUT2D eigenvalue weighted by Gasteiger charge is 2.02.